The summed E-state index contributed by atoms with van der Waals surface area (Å²) in [5.74, 6) is 1.18. The van der Waals surface area contributed by atoms with E-state index < -0.39 is 0 Å². The zero-order valence-corrected chi connectivity index (χ0v) is 7.60. The lowest BCUT2D eigenvalue weighted by Crippen LogP contribution is -2.48. The Hall–Kier alpha value is -0.800. The lowest BCUT2D eigenvalue weighted by Gasteiger charge is -2.33. The van der Waals surface area contributed by atoms with Gasteiger partial charge in [0.25, 0.3) is 0 Å². The first kappa shape index (κ1) is 7.59. The van der Waals surface area contributed by atoms with Gasteiger partial charge in [-0.25, -0.2) is 0 Å². The Bertz CT molecular complexity index is 312. The Morgan fingerprint density at radius 3 is 3.23 bits per heavy atom. The largest absolute Gasteiger partial charge is 0.469 e. The lowest BCUT2D eigenvalue weighted by atomic mass is 9.86. The highest BCUT2D eigenvalue weighted by Crippen LogP contribution is 2.33. The molecule has 3 rings (SSSR count). The van der Waals surface area contributed by atoms with Crippen molar-refractivity contribution in [3.05, 3.63) is 23.7 Å². The van der Waals surface area contributed by atoms with Crippen LogP contribution in [0.4, 0.5) is 0 Å². The van der Waals surface area contributed by atoms with Gasteiger partial charge in [-0.05, 0) is 19.0 Å². The lowest BCUT2D eigenvalue weighted by molar-refractivity contribution is 0.324. The van der Waals surface area contributed by atoms with Crippen molar-refractivity contribution in [2.24, 2.45) is 0 Å². The summed E-state index contributed by atoms with van der Waals surface area (Å²) in [4.78, 5) is 0. The van der Waals surface area contributed by atoms with Crippen molar-refractivity contribution in [3.8, 4) is 0 Å². The predicted octanol–water partition coefficient (Wildman–Crippen LogP) is 0.614. The summed E-state index contributed by atoms with van der Waals surface area (Å²) >= 11 is 0. The molecule has 1 unspecified atom stereocenters. The Balaban J connectivity index is 2.08. The monoisotopic (exact) mass is 178 g/mol. The standard InChI is InChI=1S/C10H14N2O/c1-4-12-10(3-5-11-7-10)8-2-6-13-9(1)8/h2,6,11-12H,1,3-5,7H2. The van der Waals surface area contributed by atoms with E-state index in [0.717, 1.165) is 26.1 Å². The van der Waals surface area contributed by atoms with Gasteiger partial charge in [0.2, 0.25) is 0 Å². The molecule has 0 saturated carbocycles. The van der Waals surface area contributed by atoms with Gasteiger partial charge in [-0.3, -0.25) is 0 Å². The van der Waals surface area contributed by atoms with Crippen molar-refractivity contribution >= 4 is 0 Å². The molecule has 70 valence electrons. The molecule has 1 saturated heterocycles. The summed E-state index contributed by atoms with van der Waals surface area (Å²) in [5.41, 5.74) is 1.56. The average Bonchev–Trinajstić information content (AvgIpc) is 2.74. The second-order valence-electron chi connectivity index (χ2n) is 3.94. The van der Waals surface area contributed by atoms with E-state index in [1.54, 1.807) is 0 Å². The maximum absolute atomic E-state index is 5.47. The summed E-state index contributed by atoms with van der Waals surface area (Å²) in [6.07, 6.45) is 4.03. The van der Waals surface area contributed by atoms with E-state index in [2.05, 4.69) is 16.7 Å². The number of hydrogen-bond acceptors (Lipinski definition) is 3. The Labute approximate surface area is 77.5 Å². The molecule has 0 aromatic carbocycles. The smallest absolute Gasteiger partial charge is 0.110 e. The van der Waals surface area contributed by atoms with Gasteiger partial charge in [-0.2, -0.15) is 0 Å². The molecule has 1 spiro atoms. The number of fused-ring (bicyclic) bond motifs is 2. The van der Waals surface area contributed by atoms with Crippen LogP contribution in [0.15, 0.2) is 16.7 Å². The van der Waals surface area contributed by atoms with Crippen molar-refractivity contribution in [1.82, 2.24) is 10.6 Å². The highest BCUT2D eigenvalue weighted by atomic mass is 16.3. The summed E-state index contributed by atoms with van der Waals surface area (Å²) in [5, 5.41) is 7.02. The third kappa shape index (κ3) is 0.974. The zero-order valence-electron chi connectivity index (χ0n) is 7.60. The maximum Gasteiger partial charge on any atom is 0.110 e. The van der Waals surface area contributed by atoms with Gasteiger partial charge in [0.05, 0.1) is 11.8 Å². The second kappa shape index (κ2) is 2.59. The summed E-state index contributed by atoms with van der Waals surface area (Å²) in [7, 11) is 0. The van der Waals surface area contributed by atoms with Crippen molar-refractivity contribution < 1.29 is 4.42 Å². The van der Waals surface area contributed by atoms with Crippen LogP contribution in [0.3, 0.4) is 0 Å². The van der Waals surface area contributed by atoms with Gasteiger partial charge in [0, 0.05) is 25.1 Å². The molecule has 3 heteroatoms. The molecule has 0 radical (unpaired) electrons. The van der Waals surface area contributed by atoms with Crippen LogP contribution in [0, 0.1) is 0 Å². The molecule has 13 heavy (non-hydrogen) atoms. The van der Waals surface area contributed by atoms with E-state index in [1.807, 2.05) is 6.26 Å². The molecule has 1 aromatic heterocycles. The van der Waals surface area contributed by atoms with E-state index in [4.69, 9.17) is 4.42 Å². The molecule has 0 aliphatic carbocycles. The highest BCUT2D eigenvalue weighted by molar-refractivity contribution is 5.31. The molecule has 1 aromatic rings. The van der Waals surface area contributed by atoms with E-state index >= 15 is 0 Å². The predicted molar refractivity (Wildman–Crippen MR) is 49.6 cm³/mol. The van der Waals surface area contributed by atoms with Crippen LogP contribution in [0.2, 0.25) is 0 Å². The molecular formula is C10H14N2O. The fraction of sp³-hybridized carbons (Fsp3) is 0.600. The minimum Gasteiger partial charge on any atom is -0.469 e. The third-order valence-corrected chi connectivity index (χ3v) is 3.23. The summed E-state index contributed by atoms with van der Waals surface area (Å²) in [6.45, 7) is 3.19. The summed E-state index contributed by atoms with van der Waals surface area (Å²) < 4.78 is 5.47. The van der Waals surface area contributed by atoms with Gasteiger partial charge in [0.15, 0.2) is 0 Å². The Kier molecular flexibility index (Phi) is 1.51. The normalized spacial score (nSPS) is 32.3. The van der Waals surface area contributed by atoms with Crippen LogP contribution >= 0.6 is 0 Å². The second-order valence-corrected chi connectivity index (χ2v) is 3.94. The first-order valence-electron chi connectivity index (χ1n) is 4.93. The van der Waals surface area contributed by atoms with Crippen LogP contribution in [0.1, 0.15) is 17.7 Å². The van der Waals surface area contributed by atoms with Crippen LogP contribution < -0.4 is 10.6 Å². The van der Waals surface area contributed by atoms with Gasteiger partial charge in [-0.1, -0.05) is 0 Å². The first-order chi connectivity index (χ1) is 6.41. The molecule has 0 bridgehead atoms. The summed E-state index contributed by atoms with van der Waals surface area (Å²) in [6, 6.07) is 2.12. The van der Waals surface area contributed by atoms with Crippen molar-refractivity contribution in [2.75, 3.05) is 19.6 Å². The van der Waals surface area contributed by atoms with Gasteiger partial charge < -0.3 is 15.1 Å². The number of rotatable bonds is 0. The van der Waals surface area contributed by atoms with E-state index in [9.17, 15) is 0 Å². The quantitative estimate of drug-likeness (QED) is 0.611. The molecule has 1 atom stereocenters. The van der Waals surface area contributed by atoms with Gasteiger partial charge >= 0.3 is 0 Å². The molecular weight excluding hydrogens is 164 g/mol. The Morgan fingerprint density at radius 2 is 2.38 bits per heavy atom. The zero-order chi connectivity index (χ0) is 8.73. The first-order valence-corrected chi connectivity index (χ1v) is 4.93. The van der Waals surface area contributed by atoms with Crippen molar-refractivity contribution in [3.63, 3.8) is 0 Å². The van der Waals surface area contributed by atoms with E-state index in [1.165, 1.54) is 17.7 Å². The number of hydrogen-bond donors (Lipinski definition) is 2. The fourth-order valence-electron chi connectivity index (χ4n) is 2.54. The van der Waals surface area contributed by atoms with Crippen LogP contribution in [-0.2, 0) is 12.0 Å². The number of furan rings is 1. The van der Waals surface area contributed by atoms with Gasteiger partial charge in [-0.15, -0.1) is 0 Å². The highest BCUT2D eigenvalue weighted by Gasteiger charge is 2.40. The molecule has 3 nitrogen and oxygen atoms in total. The molecule has 1 fully saturated rings. The SMILES string of the molecule is c1cc2c(o1)CCNC21CCNC1. The van der Waals surface area contributed by atoms with Gasteiger partial charge in [0.1, 0.15) is 5.76 Å². The molecule has 2 aliphatic rings. The van der Waals surface area contributed by atoms with E-state index in [-0.39, 0.29) is 5.54 Å². The average molecular weight is 178 g/mol. The van der Waals surface area contributed by atoms with Crippen LogP contribution in [0.5, 0.6) is 0 Å². The Morgan fingerprint density at radius 1 is 1.38 bits per heavy atom. The van der Waals surface area contributed by atoms with Crippen LogP contribution in [-0.4, -0.2) is 19.6 Å². The molecule has 3 heterocycles. The topological polar surface area (TPSA) is 37.2 Å². The van der Waals surface area contributed by atoms with Crippen LogP contribution in [0.25, 0.3) is 0 Å². The minimum absolute atomic E-state index is 0.181. The van der Waals surface area contributed by atoms with Crippen molar-refractivity contribution in [2.45, 2.75) is 18.4 Å². The van der Waals surface area contributed by atoms with Crippen molar-refractivity contribution in [1.29, 1.82) is 0 Å². The fourth-order valence-corrected chi connectivity index (χ4v) is 2.54. The minimum atomic E-state index is 0.181. The molecule has 0 amide bonds. The van der Waals surface area contributed by atoms with E-state index in [0.29, 0.717) is 0 Å². The molecule has 2 aliphatic heterocycles. The number of nitrogens with one attached hydrogen (secondary N) is 2. The third-order valence-electron chi connectivity index (χ3n) is 3.23. The molecule has 2 N–H and O–H groups in total. The maximum atomic E-state index is 5.47.